The number of nitrogens with zero attached hydrogens (tertiary/aromatic N) is 2. The van der Waals surface area contributed by atoms with E-state index in [-0.39, 0.29) is 0 Å². The Balaban J connectivity index is 3.05. The Labute approximate surface area is 63.0 Å². The molecule has 0 atom stereocenters. The lowest BCUT2D eigenvalue weighted by Gasteiger charge is -2.19. The maximum Gasteiger partial charge on any atom is 0.154 e. The summed E-state index contributed by atoms with van der Waals surface area (Å²) in [6.45, 7) is 9.02. The zero-order valence-corrected chi connectivity index (χ0v) is 8.05. The molecule has 10 heavy (non-hydrogen) atoms. The summed E-state index contributed by atoms with van der Waals surface area (Å²) in [4.78, 5) is 4.09. The number of hydrogen-bond donors (Lipinski definition) is 0. The van der Waals surface area contributed by atoms with Gasteiger partial charge in [-0.3, -0.25) is 0 Å². The molecule has 0 radical (unpaired) electrons. The minimum Gasteiger partial charge on any atom is -0.363 e. The van der Waals surface area contributed by atoms with Crippen molar-refractivity contribution in [1.82, 2.24) is 9.22 Å². The highest BCUT2D eigenvalue weighted by molar-refractivity contribution is 6.74. The Kier molecular flexibility index (Phi) is 1.68. The third-order valence-corrected chi connectivity index (χ3v) is 3.46. The van der Waals surface area contributed by atoms with Gasteiger partial charge in [-0.1, -0.05) is 19.6 Å². The van der Waals surface area contributed by atoms with Gasteiger partial charge in [-0.25, -0.2) is 4.98 Å². The summed E-state index contributed by atoms with van der Waals surface area (Å²) in [6, 6.07) is 0. The van der Waals surface area contributed by atoms with E-state index in [0.717, 1.165) is 0 Å². The van der Waals surface area contributed by atoms with E-state index in [2.05, 4.69) is 35.8 Å². The summed E-state index contributed by atoms with van der Waals surface area (Å²) >= 11 is 0. The second-order valence-electron chi connectivity index (χ2n) is 3.58. The normalized spacial score (nSPS) is 12.0. The second kappa shape index (κ2) is 2.23. The van der Waals surface area contributed by atoms with Gasteiger partial charge in [-0.15, -0.1) is 0 Å². The van der Waals surface area contributed by atoms with Crippen molar-refractivity contribution in [2.75, 3.05) is 0 Å². The number of rotatable bonds is 1. The maximum absolute atomic E-state index is 4.09. The van der Waals surface area contributed by atoms with Crippen LogP contribution in [0, 0.1) is 6.92 Å². The van der Waals surface area contributed by atoms with Crippen molar-refractivity contribution in [3.8, 4) is 0 Å². The molecule has 0 bridgehead atoms. The lowest BCUT2D eigenvalue weighted by Crippen LogP contribution is -2.32. The van der Waals surface area contributed by atoms with Crippen molar-refractivity contribution in [2.24, 2.45) is 0 Å². The van der Waals surface area contributed by atoms with Crippen molar-refractivity contribution < 1.29 is 0 Å². The highest BCUT2D eigenvalue weighted by atomic mass is 28.3. The Bertz CT molecular complexity index is 222. The van der Waals surface area contributed by atoms with Gasteiger partial charge >= 0.3 is 0 Å². The van der Waals surface area contributed by atoms with Crippen LogP contribution in [0.5, 0.6) is 0 Å². The molecule has 0 saturated heterocycles. The Morgan fingerprint density at radius 3 is 2.20 bits per heavy atom. The minimum atomic E-state index is -1.17. The van der Waals surface area contributed by atoms with Gasteiger partial charge in [-0.2, -0.15) is 0 Å². The van der Waals surface area contributed by atoms with E-state index in [1.165, 1.54) is 5.69 Å². The number of hydrogen-bond acceptors (Lipinski definition) is 1. The number of aryl methyl sites for hydroxylation is 1. The van der Waals surface area contributed by atoms with Crippen LogP contribution in [0.15, 0.2) is 12.5 Å². The third-order valence-electron chi connectivity index (χ3n) is 1.55. The lowest BCUT2D eigenvalue weighted by atomic mass is 10.6. The van der Waals surface area contributed by atoms with E-state index in [0.29, 0.717) is 0 Å². The van der Waals surface area contributed by atoms with Crippen LogP contribution in [0.2, 0.25) is 19.6 Å². The van der Waals surface area contributed by atoms with E-state index < -0.39 is 8.24 Å². The molecule has 1 aromatic heterocycles. The predicted molar refractivity (Wildman–Crippen MR) is 45.7 cm³/mol. The highest BCUT2D eigenvalue weighted by Crippen LogP contribution is 2.08. The molecule has 0 aliphatic carbocycles. The molecule has 2 nitrogen and oxygen atoms in total. The predicted octanol–water partition coefficient (Wildman–Crippen LogP) is 1.87. The minimum absolute atomic E-state index is 1.17. The van der Waals surface area contributed by atoms with Crippen LogP contribution in [-0.4, -0.2) is 17.5 Å². The molecule has 0 aromatic carbocycles. The zero-order valence-electron chi connectivity index (χ0n) is 7.05. The quantitative estimate of drug-likeness (QED) is 0.565. The maximum atomic E-state index is 4.09. The summed E-state index contributed by atoms with van der Waals surface area (Å²) in [6.07, 6.45) is 3.85. The molecular weight excluding hydrogens is 140 g/mol. The first-order valence-corrected chi connectivity index (χ1v) is 6.96. The third kappa shape index (κ3) is 1.29. The SMILES string of the molecule is Cc1cncn1[Si](C)(C)C. The van der Waals surface area contributed by atoms with Crippen LogP contribution in [0.25, 0.3) is 0 Å². The van der Waals surface area contributed by atoms with E-state index in [1.54, 1.807) is 0 Å². The van der Waals surface area contributed by atoms with Crippen LogP contribution >= 0.6 is 0 Å². The van der Waals surface area contributed by atoms with Crippen molar-refractivity contribution in [3.05, 3.63) is 18.2 Å². The van der Waals surface area contributed by atoms with Gasteiger partial charge in [0.25, 0.3) is 0 Å². The lowest BCUT2D eigenvalue weighted by molar-refractivity contribution is 1.07. The van der Waals surface area contributed by atoms with Crippen molar-refractivity contribution >= 4 is 8.24 Å². The van der Waals surface area contributed by atoms with E-state index in [4.69, 9.17) is 0 Å². The molecule has 0 aliphatic rings. The standard InChI is InChI=1S/C7H14N2Si/c1-7-5-8-6-9(7)10(2,3)4/h5-6H,1-4H3. The smallest absolute Gasteiger partial charge is 0.154 e. The second-order valence-corrected chi connectivity index (χ2v) is 8.40. The highest BCUT2D eigenvalue weighted by Gasteiger charge is 2.16. The van der Waals surface area contributed by atoms with Gasteiger partial charge in [0.1, 0.15) is 0 Å². The van der Waals surface area contributed by atoms with Crippen LogP contribution < -0.4 is 0 Å². The summed E-state index contributed by atoms with van der Waals surface area (Å²) in [5, 5.41) is 0. The molecule has 0 fully saturated rings. The molecule has 0 spiro atoms. The summed E-state index contributed by atoms with van der Waals surface area (Å²) in [5.41, 5.74) is 1.28. The van der Waals surface area contributed by atoms with Gasteiger partial charge in [0.15, 0.2) is 8.24 Å². The molecule has 1 heterocycles. The molecule has 0 unspecified atom stereocenters. The van der Waals surface area contributed by atoms with Crippen LogP contribution in [0.1, 0.15) is 5.69 Å². The first kappa shape index (κ1) is 7.53. The fraction of sp³-hybridized carbons (Fsp3) is 0.571. The van der Waals surface area contributed by atoms with Crippen LogP contribution in [-0.2, 0) is 0 Å². The average Bonchev–Trinajstić information content (AvgIpc) is 2.11. The first-order valence-electron chi connectivity index (χ1n) is 3.51. The fourth-order valence-corrected chi connectivity index (χ4v) is 2.59. The average molecular weight is 154 g/mol. The summed E-state index contributed by atoms with van der Waals surface area (Å²) < 4.78 is 2.30. The van der Waals surface area contributed by atoms with E-state index in [9.17, 15) is 0 Å². The monoisotopic (exact) mass is 154 g/mol. The Morgan fingerprint density at radius 1 is 1.40 bits per heavy atom. The Morgan fingerprint density at radius 2 is 2.00 bits per heavy atom. The van der Waals surface area contributed by atoms with Gasteiger partial charge in [0, 0.05) is 11.9 Å². The molecule has 0 saturated carbocycles. The molecule has 0 amide bonds. The molecule has 1 rings (SSSR count). The topological polar surface area (TPSA) is 17.8 Å². The van der Waals surface area contributed by atoms with Crippen LogP contribution in [0.3, 0.4) is 0 Å². The van der Waals surface area contributed by atoms with E-state index >= 15 is 0 Å². The number of imidazole rings is 1. The molecule has 1 aromatic rings. The molecule has 56 valence electrons. The Hall–Kier alpha value is -0.573. The molecule has 0 aliphatic heterocycles. The molecule has 3 heteroatoms. The molecule has 0 N–H and O–H groups in total. The fourth-order valence-electron chi connectivity index (χ4n) is 1.06. The van der Waals surface area contributed by atoms with Crippen molar-refractivity contribution in [2.45, 2.75) is 26.6 Å². The molecular formula is C7H14N2Si. The van der Waals surface area contributed by atoms with Gasteiger partial charge in [-0.05, 0) is 6.92 Å². The zero-order chi connectivity index (χ0) is 7.78. The van der Waals surface area contributed by atoms with Gasteiger partial charge in [0.05, 0.1) is 6.33 Å². The largest absolute Gasteiger partial charge is 0.363 e. The summed E-state index contributed by atoms with van der Waals surface area (Å²) in [5.74, 6) is 0. The number of aromatic nitrogens is 2. The van der Waals surface area contributed by atoms with Crippen LogP contribution in [0.4, 0.5) is 0 Å². The van der Waals surface area contributed by atoms with Gasteiger partial charge < -0.3 is 4.23 Å². The van der Waals surface area contributed by atoms with Gasteiger partial charge in [0.2, 0.25) is 0 Å². The van der Waals surface area contributed by atoms with Crippen molar-refractivity contribution in [3.63, 3.8) is 0 Å². The van der Waals surface area contributed by atoms with E-state index in [1.807, 2.05) is 12.5 Å². The summed E-state index contributed by atoms with van der Waals surface area (Å²) in [7, 11) is -1.17. The first-order chi connectivity index (χ1) is 4.52. The van der Waals surface area contributed by atoms with Crippen molar-refractivity contribution in [1.29, 1.82) is 0 Å².